The lowest BCUT2D eigenvalue weighted by molar-refractivity contribution is 0.932. The van der Waals surface area contributed by atoms with E-state index in [0.29, 0.717) is 0 Å². The molecule has 5 heteroatoms. The molecule has 0 bridgehead atoms. The van der Waals surface area contributed by atoms with E-state index in [9.17, 15) is 0 Å². The molecule has 0 atom stereocenters. The van der Waals surface area contributed by atoms with Crippen LogP contribution in [0.4, 0.5) is 5.69 Å². The fourth-order valence-corrected chi connectivity index (χ4v) is 3.26. The summed E-state index contributed by atoms with van der Waals surface area (Å²) in [6.07, 6.45) is 5.57. The van der Waals surface area contributed by atoms with E-state index in [2.05, 4.69) is 41.3 Å². The van der Waals surface area contributed by atoms with Crippen LogP contribution in [-0.4, -0.2) is 14.5 Å². The van der Waals surface area contributed by atoms with Crippen LogP contribution in [0.1, 0.15) is 21.1 Å². The molecule has 3 rings (SSSR count). The number of thiophene rings is 1. The van der Waals surface area contributed by atoms with Crippen LogP contribution in [0.2, 0.25) is 0 Å². The average Bonchev–Trinajstić information content (AvgIpc) is 3.03. The largest absolute Gasteiger partial charge is 0.380 e. The summed E-state index contributed by atoms with van der Waals surface area (Å²) in [5.74, 6) is 1.82. The van der Waals surface area contributed by atoms with Gasteiger partial charge >= 0.3 is 0 Å². The van der Waals surface area contributed by atoms with Crippen molar-refractivity contribution in [3.05, 3.63) is 57.9 Å². The van der Waals surface area contributed by atoms with E-state index in [4.69, 9.17) is 0 Å². The summed E-state index contributed by atoms with van der Waals surface area (Å²) in [6.45, 7) is 7.11. The molecule has 3 aromatic heterocycles. The molecule has 1 N–H and O–H groups in total. The Labute approximate surface area is 128 Å². The molecule has 0 aromatic carbocycles. The van der Waals surface area contributed by atoms with Crippen molar-refractivity contribution in [1.29, 1.82) is 0 Å². The predicted molar refractivity (Wildman–Crippen MR) is 87.2 cm³/mol. The number of pyridine rings is 1. The number of aryl methyl sites for hydroxylation is 3. The van der Waals surface area contributed by atoms with Gasteiger partial charge < -0.3 is 5.32 Å². The Morgan fingerprint density at radius 2 is 2.05 bits per heavy atom. The van der Waals surface area contributed by atoms with Crippen molar-refractivity contribution in [2.45, 2.75) is 27.3 Å². The van der Waals surface area contributed by atoms with Crippen molar-refractivity contribution in [1.82, 2.24) is 14.5 Å². The highest BCUT2D eigenvalue weighted by atomic mass is 32.1. The lowest BCUT2D eigenvalue weighted by atomic mass is 10.2. The standard InChI is InChI=1S/C16H18N4S/c1-11-8-14(12(2)21-11)9-18-15-4-5-16(19-10-15)20-7-6-17-13(20)3/h4-8,10,18H,9H2,1-3H3. The van der Waals surface area contributed by atoms with Crippen LogP contribution in [-0.2, 0) is 6.54 Å². The highest BCUT2D eigenvalue weighted by Gasteiger charge is 2.04. The van der Waals surface area contributed by atoms with Crippen molar-refractivity contribution >= 4 is 17.0 Å². The molecule has 0 aliphatic heterocycles. The molecule has 0 aliphatic carbocycles. The van der Waals surface area contributed by atoms with Gasteiger partial charge in [0.05, 0.1) is 11.9 Å². The molecule has 3 heterocycles. The smallest absolute Gasteiger partial charge is 0.138 e. The third-order valence-electron chi connectivity index (χ3n) is 3.45. The maximum atomic E-state index is 4.48. The number of aromatic nitrogens is 3. The van der Waals surface area contributed by atoms with E-state index < -0.39 is 0 Å². The summed E-state index contributed by atoms with van der Waals surface area (Å²) >= 11 is 1.84. The van der Waals surface area contributed by atoms with Crippen LogP contribution >= 0.6 is 11.3 Å². The summed E-state index contributed by atoms with van der Waals surface area (Å²) in [5.41, 5.74) is 2.38. The van der Waals surface area contributed by atoms with E-state index in [1.165, 1.54) is 15.3 Å². The zero-order valence-corrected chi connectivity index (χ0v) is 13.2. The number of rotatable bonds is 4. The molecule has 0 amide bonds. The number of hydrogen-bond donors (Lipinski definition) is 1. The van der Waals surface area contributed by atoms with Gasteiger partial charge in [0.2, 0.25) is 0 Å². The van der Waals surface area contributed by atoms with Crippen LogP contribution < -0.4 is 5.32 Å². The molecule has 0 radical (unpaired) electrons. The first-order valence-corrected chi connectivity index (χ1v) is 7.71. The predicted octanol–water partition coefficient (Wildman–Crippen LogP) is 3.87. The van der Waals surface area contributed by atoms with Crippen molar-refractivity contribution in [3.8, 4) is 5.82 Å². The highest BCUT2D eigenvalue weighted by Crippen LogP contribution is 2.21. The summed E-state index contributed by atoms with van der Waals surface area (Å²) in [4.78, 5) is 11.4. The van der Waals surface area contributed by atoms with Crippen LogP contribution in [0.15, 0.2) is 36.8 Å². The second kappa shape index (κ2) is 5.69. The molecule has 0 unspecified atom stereocenters. The van der Waals surface area contributed by atoms with Gasteiger partial charge in [0.25, 0.3) is 0 Å². The van der Waals surface area contributed by atoms with Gasteiger partial charge in [-0.1, -0.05) is 0 Å². The third kappa shape index (κ3) is 2.97. The fourth-order valence-electron chi connectivity index (χ4n) is 2.31. The fraction of sp³-hybridized carbons (Fsp3) is 0.250. The number of nitrogens with zero attached hydrogens (tertiary/aromatic N) is 3. The minimum Gasteiger partial charge on any atom is -0.380 e. The highest BCUT2D eigenvalue weighted by molar-refractivity contribution is 7.12. The molecule has 0 saturated carbocycles. The second-order valence-corrected chi connectivity index (χ2v) is 6.50. The average molecular weight is 298 g/mol. The Bertz CT molecular complexity index is 740. The summed E-state index contributed by atoms with van der Waals surface area (Å²) in [5, 5.41) is 3.42. The van der Waals surface area contributed by atoms with Crippen LogP contribution in [0.25, 0.3) is 5.82 Å². The first kappa shape index (κ1) is 13.8. The third-order valence-corrected chi connectivity index (χ3v) is 4.46. The Hall–Kier alpha value is -2.14. The summed E-state index contributed by atoms with van der Waals surface area (Å²) in [6, 6.07) is 6.29. The molecular formula is C16H18N4S. The molecule has 108 valence electrons. The van der Waals surface area contributed by atoms with E-state index in [1.807, 2.05) is 41.3 Å². The van der Waals surface area contributed by atoms with Crippen LogP contribution in [0.5, 0.6) is 0 Å². The normalized spacial score (nSPS) is 10.8. The number of hydrogen-bond acceptors (Lipinski definition) is 4. The zero-order chi connectivity index (χ0) is 14.8. The molecular weight excluding hydrogens is 280 g/mol. The van der Waals surface area contributed by atoms with Gasteiger partial charge in [-0.25, -0.2) is 9.97 Å². The van der Waals surface area contributed by atoms with Gasteiger partial charge in [-0.2, -0.15) is 0 Å². The quantitative estimate of drug-likeness (QED) is 0.795. The Balaban J connectivity index is 1.70. The topological polar surface area (TPSA) is 42.7 Å². The molecule has 0 saturated heterocycles. The second-order valence-electron chi connectivity index (χ2n) is 5.04. The van der Waals surface area contributed by atoms with Gasteiger partial charge in [-0.05, 0) is 44.5 Å². The number of imidazole rings is 1. The molecule has 0 spiro atoms. The lowest BCUT2D eigenvalue weighted by Gasteiger charge is -2.08. The van der Waals surface area contributed by atoms with E-state index in [0.717, 1.165) is 23.9 Å². The minimum absolute atomic E-state index is 0.835. The van der Waals surface area contributed by atoms with E-state index >= 15 is 0 Å². The summed E-state index contributed by atoms with van der Waals surface area (Å²) < 4.78 is 1.97. The van der Waals surface area contributed by atoms with Crippen molar-refractivity contribution in [3.63, 3.8) is 0 Å². The Kier molecular flexibility index (Phi) is 3.75. The maximum absolute atomic E-state index is 4.48. The van der Waals surface area contributed by atoms with Crippen LogP contribution in [0, 0.1) is 20.8 Å². The minimum atomic E-state index is 0.835. The van der Waals surface area contributed by atoms with Gasteiger partial charge in [0.15, 0.2) is 0 Å². The first-order chi connectivity index (χ1) is 10.1. The molecule has 3 aromatic rings. The zero-order valence-electron chi connectivity index (χ0n) is 12.4. The van der Waals surface area contributed by atoms with E-state index in [-0.39, 0.29) is 0 Å². The Morgan fingerprint density at radius 1 is 1.19 bits per heavy atom. The van der Waals surface area contributed by atoms with E-state index in [1.54, 1.807) is 6.20 Å². The summed E-state index contributed by atoms with van der Waals surface area (Å²) in [7, 11) is 0. The van der Waals surface area contributed by atoms with Gasteiger partial charge in [-0.3, -0.25) is 4.57 Å². The molecule has 0 aliphatic rings. The van der Waals surface area contributed by atoms with Crippen molar-refractivity contribution in [2.24, 2.45) is 0 Å². The van der Waals surface area contributed by atoms with Crippen LogP contribution in [0.3, 0.4) is 0 Å². The van der Waals surface area contributed by atoms with Crippen molar-refractivity contribution < 1.29 is 0 Å². The molecule has 21 heavy (non-hydrogen) atoms. The lowest BCUT2D eigenvalue weighted by Crippen LogP contribution is -2.02. The monoisotopic (exact) mass is 298 g/mol. The van der Waals surface area contributed by atoms with Gasteiger partial charge in [-0.15, -0.1) is 11.3 Å². The van der Waals surface area contributed by atoms with Crippen molar-refractivity contribution in [2.75, 3.05) is 5.32 Å². The number of anilines is 1. The van der Waals surface area contributed by atoms with Gasteiger partial charge in [0, 0.05) is 28.7 Å². The maximum Gasteiger partial charge on any atom is 0.138 e. The van der Waals surface area contributed by atoms with Gasteiger partial charge in [0.1, 0.15) is 11.6 Å². The molecule has 4 nitrogen and oxygen atoms in total. The number of nitrogens with one attached hydrogen (secondary N) is 1. The molecule has 0 fully saturated rings. The Morgan fingerprint density at radius 3 is 2.62 bits per heavy atom. The SMILES string of the molecule is Cc1cc(CNc2ccc(-n3ccnc3C)nc2)c(C)s1. The first-order valence-electron chi connectivity index (χ1n) is 6.89.